The van der Waals surface area contributed by atoms with Gasteiger partial charge in [-0.3, -0.25) is 10.1 Å². The standard InChI is InChI=1S/C13H6BrCl2NO4/c14-7-1-4-12(11(16)5-7)21-13(18)9-3-2-8(17(19)20)6-10(9)15/h1-6H. The summed E-state index contributed by atoms with van der Waals surface area (Å²) in [4.78, 5) is 22.0. The summed E-state index contributed by atoms with van der Waals surface area (Å²) < 4.78 is 5.86. The van der Waals surface area contributed by atoms with Gasteiger partial charge in [0.1, 0.15) is 5.75 Å². The van der Waals surface area contributed by atoms with Crippen molar-refractivity contribution in [3.8, 4) is 5.75 Å². The van der Waals surface area contributed by atoms with Gasteiger partial charge in [0, 0.05) is 16.6 Å². The maximum Gasteiger partial charge on any atom is 0.345 e. The van der Waals surface area contributed by atoms with Crippen molar-refractivity contribution in [2.45, 2.75) is 0 Å². The maximum absolute atomic E-state index is 12.0. The molecule has 2 rings (SSSR count). The Morgan fingerprint density at radius 3 is 2.43 bits per heavy atom. The minimum atomic E-state index is -0.751. The molecule has 8 heteroatoms. The summed E-state index contributed by atoms with van der Waals surface area (Å²) in [6, 6.07) is 8.24. The van der Waals surface area contributed by atoms with Gasteiger partial charge in [0.15, 0.2) is 0 Å². The monoisotopic (exact) mass is 389 g/mol. The number of ether oxygens (including phenoxy) is 1. The first-order chi connectivity index (χ1) is 9.88. The molecule has 0 bridgehead atoms. The Bertz CT molecular complexity index is 736. The summed E-state index contributed by atoms with van der Waals surface area (Å²) in [5.41, 5.74) is -0.195. The first-order valence-corrected chi connectivity index (χ1v) is 7.04. The van der Waals surface area contributed by atoms with Gasteiger partial charge < -0.3 is 4.74 Å². The Morgan fingerprint density at radius 2 is 1.86 bits per heavy atom. The van der Waals surface area contributed by atoms with Crippen LogP contribution in [0.2, 0.25) is 10.0 Å². The highest BCUT2D eigenvalue weighted by molar-refractivity contribution is 9.10. The highest BCUT2D eigenvalue weighted by Crippen LogP contribution is 2.29. The zero-order valence-corrected chi connectivity index (χ0v) is 13.3. The molecule has 0 fully saturated rings. The maximum atomic E-state index is 12.0. The van der Waals surface area contributed by atoms with E-state index in [4.69, 9.17) is 27.9 Å². The van der Waals surface area contributed by atoms with Gasteiger partial charge in [0.05, 0.1) is 20.5 Å². The molecule has 0 heterocycles. The topological polar surface area (TPSA) is 69.4 Å². The highest BCUT2D eigenvalue weighted by atomic mass is 79.9. The van der Waals surface area contributed by atoms with E-state index in [1.165, 1.54) is 18.2 Å². The lowest BCUT2D eigenvalue weighted by Crippen LogP contribution is -2.09. The number of carbonyl (C=O) groups is 1. The number of carbonyl (C=O) groups excluding carboxylic acids is 1. The Kier molecular flexibility index (Phi) is 4.82. The third-order valence-electron chi connectivity index (χ3n) is 2.48. The van der Waals surface area contributed by atoms with Gasteiger partial charge in [-0.2, -0.15) is 0 Å². The molecule has 0 radical (unpaired) electrons. The number of hydrogen-bond acceptors (Lipinski definition) is 4. The summed E-state index contributed by atoms with van der Waals surface area (Å²) in [5.74, 6) is -0.585. The predicted molar refractivity (Wildman–Crippen MR) is 82.2 cm³/mol. The number of rotatable bonds is 3. The van der Waals surface area contributed by atoms with Crippen LogP contribution in [0.4, 0.5) is 5.69 Å². The van der Waals surface area contributed by atoms with Gasteiger partial charge in [0.25, 0.3) is 5.69 Å². The third kappa shape index (κ3) is 3.72. The van der Waals surface area contributed by atoms with Crippen molar-refractivity contribution >= 4 is 50.8 Å². The average molecular weight is 391 g/mol. The van der Waals surface area contributed by atoms with E-state index in [1.54, 1.807) is 12.1 Å². The largest absolute Gasteiger partial charge is 0.421 e. The Morgan fingerprint density at radius 1 is 1.14 bits per heavy atom. The number of esters is 1. The van der Waals surface area contributed by atoms with Crippen molar-refractivity contribution < 1.29 is 14.5 Å². The smallest absolute Gasteiger partial charge is 0.345 e. The lowest BCUT2D eigenvalue weighted by molar-refractivity contribution is -0.384. The van der Waals surface area contributed by atoms with Crippen molar-refractivity contribution in [1.82, 2.24) is 0 Å². The van der Waals surface area contributed by atoms with Crippen molar-refractivity contribution in [2.75, 3.05) is 0 Å². The van der Waals surface area contributed by atoms with Crippen LogP contribution in [-0.2, 0) is 0 Å². The summed E-state index contributed by atoms with van der Waals surface area (Å²) >= 11 is 15.0. The van der Waals surface area contributed by atoms with Crippen LogP contribution in [0.3, 0.4) is 0 Å². The molecular formula is C13H6BrCl2NO4. The van der Waals surface area contributed by atoms with Crippen LogP contribution in [0.1, 0.15) is 10.4 Å². The van der Waals surface area contributed by atoms with E-state index >= 15 is 0 Å². The fraction of sp³-hybridized carbons (Fsp3) is 0. The molecule has 5 nitrogen and oxygen atoms in total. The van der Waals surface area contributed by atoms with Crippen LogP contribution in [0, 0.1) is 10.1 Å². The van der Waals surface area contributed by atoms with Crippen LogP contribution in [0.15, 0.2) is 40.9 Å². The zero-order valence-electron chi connectivity index (χ0n) is 10.2. The number of nitro benzene ring substituents is 1. The van der Waals surface area contributed by atoms with E-state index in [0.717, 1.165) is 10.5 Å². The fourth-order valence-electron chi connectivity index (χ4n) is 1.50. The molecule has 0 atom stereocenters. The number of hydrogen-bond donors (Lipinski definition) is 0. The van der Waals surface area contributed by atoms with Crippen LogP contribution in [-0.4, -0.2) is 10.9 Å². The number of benzene rings is 2. The Hall–Kier alpha value is -1.63. The summed E-state index contributed by atoms with van der Waals surface area (Å²) in [7, 11) is 0. The first-order valence-electron chi connectivity index (χ1n) is 5.49. The summed E-state index contributed by atoms with van der Waals surface area (Å²) in [6.45, 7) is 0. The molecule has 108 valence electrons. The summed E-state index contributed by atoms with van der Waals surface area (Å²) in [5, 5.41) is 10.8. The molecule has 0 unspecified atom stereocenters. The van der Waals surface area contributed by atoms with E-state index in [0.29, 0.717) is 0 Å². The molecule has 0 N–H and O–H groups in total. The van der Waals surface area contributed by atoms with E-state index in [9.17, 15) is 14.9 Å². The molecular weight excluding hydrogens is 385 g/mol. The van der Waals surface area contributed by atoms with Crippen molar-refractivity contribution in [1.29, 1.82) is 0 Å². The number of non-ortho nitro benzene ring substituents is 1. The normalized spacial score (nSPS) is 10.2. The molecule has 21 heavy (non-hydrogen) atoms. The third-order valence-corrected chi connectivity index (χ3v) is 3.58. The van der Waals surface area contributed by atoms with E-state index in [1.807, 2.05) is 0 Å². The van der Waals surface area contributed by atoms with E-state index < -0.39 is 10.9 Å². The van der Waals surface area contributed by atoms with Crippen LogP contribution in [0.25, 0.3) is 0 Å². The molecule has 0 aliphatic heterocycles. The molecule has 0 saturated heterocycles. The number of nitrogens with zero attached hydrogens (tertiary/aromatic N) is 1. The Labute approximate surface area is 137 Å². The lowest BCUT2D eigenvalue weighted by atomic mass is 10.2. The van der Waals surface area contributed by atoms with Crippen LogP contribution >= 0.6 is 39.1 Å². The van der Waals surface area contributed by atoms with Gasteiger partial charge >= 0.3 is 5.97 Å². The highest BCUT2D eigenvalue weighted by Gasteiger charge is 2.17. The van der Waals surface area contributed by atoms with Crippen LogP contribution < -0.4 is 4.74 Å². The van der Waals surface area contributed by atoms with Gasteiger partial charge in [0.2, 0.25) is 0 Å². The average Bonchev–Trinajstić information content (AvgIpc) is 2.41. The van der Waals surface area contributed by atoms with Crippen LogP contribution in [0.5, 0.6) is 5.75 Å². The minimum absolute atomic E-state index is 0.0150. The molecule has 0 saturated carbocycles. The zero-order chi connectivity index (χ0) is 15.6. The second-order valence-electron chi connectivity index (χ2n) is 3.89. The van der Waals surface area contributed by atoms with E-state index in [-0.39, 0.29) is 27.0 Å². The molecule has 0 aliphatic rings. The molecule has 0 amide bonds. The van der Waals surface area contributed by atoms with Crippen molar-refractivity contribution in [3.05, 3.63) is 66.6 Å². The SMILES string of the molecule is O=C(Oc1ccc(Br)cc1Cl)c1ccc([N+](=O)[O-])cc1Cl. The van der Waals surface area contributed by atoms with Crippen molar-refractivity contribution in [3.63, 3.8) is 0 Å². The fourth-order valence-corrected chi connectivity index (χ4v) is 2.46. The molecule has 2 aromatic carbocycles. The van der Waals surface area contributed by atoms with Gasteiger partial charge in [-0.05, 0) is 24.3 Å². The van der Waals surface area contributed by atoms with Gasteiger partial charge in [-0.25, -0.2) is 4.79 Å². The van der Waals surface area contributed by atoms with Crippen molar-refractivity contribution in [2.24, 2.45) is 0 Å². The summed E-state index contributed by atoms with van der Waals surface area (Å²) in [6.07, 6.45) is 0. The lowest BCUT2D eigenvalue weighted by Gasteiger charge is -2.07. The number of halogens is 3. The van der Waals surface area contributed by atoms with Gasteiger partial charge in [-0.15, -0.1) is 0 Å². The minimum Gasteiger partial charge on any atom is -0.421 e. The predicted octanol–water partition coefficient (Wildman–Crippen LogP) is 4.88. The quantitative estimate of drug-likeness (QED) is 0.324. The van der Waals surface area contributed by atoms with E-state index in [2.05, 4.69) is 15.9 Å². The second-order valence-corrected chi connectivity index (χ2v) is 5.62. The Balaban J connectivity index is 2.26. The molecule has 0 aliphatic carbocycles. The molecule has 0 aromatic heterocycles. The molecule has 2 aromatic rings. The molecule has 0 spiro atoms. The second kappa shape index (κ2) is 6.43. The van der Waals surface area contributed by atoms with Gasteiger partial charge in [-0.1, -0.05) is 39.1 Å². The first kappa shape index (κ1) is 15.8. The number of nitro groups is 1.